The summed E-state index contributed by atoms with van der Waals surface area (Å²) in [5.41, 5.74) is -0.00235. The summed E-state index contributed by atoms with van der Waals surface area (Å²) in [4.78, 5) is 0. The Morgan fingerprint density at radius 1 is 1.12 bits per heavy atom. The maximum atomic E-state index is 10.6. The van der Waals surface area contributed by atoms with Crippen LogP contribution in [-0.4, -0.2) is 18.3 Å². The van der Waals surface area contributed by atoms with Crippen LogP contribution in [0.2, 0.25) is 10.0 Å². The third-order valence-electron chi connectivity index (χ3n) is 3.00. The number of hydrogen-bond acceptors (Lipinski definition) is 2. The van der Waals surface area contributed by atoms with Gasteiger partial charge >= 0.3 is 0 Å². The Kier molecular flexibility index (Phi) is 3.75. The molecule has 1 aromatic carbocycles. The van der Waals surface area contributed by atoms with Gasteiger partial charge in [0.15, 0.2) is 0 Å². The molecule has 1 aromatic rings. The summed E-state index contributed by atoms with van der Waals surface area (Å²) in [6, 6.07) is 5.30. The van der Waals surface area contributed by atoms with Gasteiger partial charge in [0.1, 0.15) is 0 Å². The molecule has 0 spiro atoms. The predicted octanol–water partition coefficient (Wildman–Crippen LogP) is 3.38. The SMILES string of the molecule is OC1(c2ccc(Cl)c(Cl)c2)CCCOCC1. The van der Waals surface area contributed by atoms with Gasteiger partial charge in [0.05, 0.1) is 15.6 Å². The van der Waals surface area contributed by atoms with E-state index in [4.69, 9.17) is 27.9 Å². The highest BCUT2D eigenvalue weighted by molar-refractivity contribution is 6.42. The minimum absolute atomic E-state index is 0.484. The van der Waals surface area contributed by atoms with E-state index in [1.54, 1.807) is 12.1 Å². The van der Waals surface area contributed by atoms with E-state index in [2.05, 4.69) is 0 Å². The molecule has 1 fully saturated rings. The molecule has 1 heterocycles. The van der Waals surface area contributed by atoms with Gasteiger partial charge < -0.3 is 9.84 Å². The number of ether oxygens (including phenoxy) is 1. The van der Waals surface area contributed by atoms with Crippen molar-refractivity contribution in [1.29, 1.82) is 0 Å². The molecule has 1 aliphatic rings. The maximum Gasteiger partial charge on any atom is 0.0919 e. The first-order valence-electron chi connectivity index (χ1n) is 5.37. The van der Waals surface area contributed by atoms with Crippen LogP contribution < -0.4 is 0 Å². The summed E-state index contributed by atoms with van der Waals surface area (Å²) in [6.07, 6.45) is 2.16. The summed E-state index contributed by atoms with van der Waals surface area (Å²) >= 11 is 11.8. The van der Waals surface area contributed by atoms with Crippen LogP contribution in [0.3, 0.4) is 0 Å². The van der Waals surface area contributed by atoms with Crippen molar-refractivity contribution < 1.29 is 9.84 Å². The second-order valence-corrected chi connectivity index (χ2v) is 4.94. The quantitative estimate of drug-likeness (QED) is 0.839. The molecule has 1 saturated heterocycles. The molecule has 2 rings (SSSR count). The second kappa shape index (κ2) is 4.92. The lowest BCUT2D eigenvalue weighted by Gasteiger charge is -2.26. The largest absolute Gasteiger partial charge is 0.385 e. The van der Waals surface area contributed by atoms with E-state index in [1.807, 2.05) is 6.07 Å². The third-order valence-corrected chi connectivity index (χ3v) is 3.73. The van der Waals surface area contributed by atoms with E-state index in [-0.39, 0.29) is 0 Å². The first-order chi connectivity index (χ1) is 7.62. The van der Waals surface area contributed by atoms with Gasteiger partial charge in [-0.15, -0.1) is 0 Å². The van der Waals surface area contributed by atoms with Gasteiger partial charge in [0, 0.05) is 19.6 Å². The molecule has 0 radical (unpaired) electrons. The fourth-order valence-corrected chi connectivity index (χ4v) is 2.31. The number of rotatable bonds is 1. The zero-order chi connectivity index (χ0) is 11.6. The minimum Gasteiger partial charge on any atom is -0.385 e. The monoisotopic (exact) mass is 260 g/mol. The fourth-order valence-electron chi connectivity index (χ4n) is 2.01. The van der Waals surface area contributed by atoms with Crippen molar-refractivity contribution in [3.05, 3.63) is 33.8 Å². The van der Waals surface area contributed by atoms with Gasteiger partial charge in [0.25, 0.3) is 0 Å². The Labute approximate surface area is 105 Å². The lowest BCUT2D eigenvalue weighted by atomic mass is 9.87. The average molecular weight is 261 g/mol. The van der Waals surface area contributed by atoms with Crippen LogP contribution in [0, 0.1) is 0 Å². The Hall–Kier alpha value is -0.280. The van der Waals surface area contributed by atoms with Crippen LogP contribution >= 0.6 is 23.2 Å². The summed E-state index contributed by atoms with van der Waals surface area (Å²) in [6.45, 7) is 1.29. The predicted molar refractivity (Wildman–Crippen MR) is 65.0 cm³/mol. The van der Waals surface area contributed by atoms with Crippen molar-refractivity contribution in [2.75, 3.05) is 13.2 Å². The van der Waals surface area contributed by atoms with Gasteiger partial charge in [0.2, 0.25) is 0 Å². The molecular weight excluding hydrogens is 247 g/mol. The summed E-state index contributed by atoms with van der Waals surface area (Å²) in [7, 11) is 0. The van der Waals surface area contributed by atoms with Crippen molar-refractivity contribution in [1.82, 2.24) is 0 Å². The van der Waals surface area contributed by atoms with Gasteiger partial charge in [-0.3, -0.25) is 0 Å². The molecule has 1 aliphatic heterocycles. The molecule has 1 atom stereocenters. The Morgan fingerprint density at radius 2 is 1.94 bits per heavy atom. The van der Waals surface area contributed by atoms with Crippen LogP contribution in [0.5, 0.6) is 0 Å². The topological polar surface area (TPSA) is 29.5 Å². The number of aliphatic hydroxyl groups is 1. The zero-order valence-corrected chi connectivity index (χ0v) is 10.4. The molecule has 2 nitrogen and oxygen atoms in total. The first-order valence-corrected chi connectivity index (χ1v) is 6.13. The van der Waals surface area contributed by atoms with Gasteiger partial charge in [-0.2, -0.15) is 0 Å². The number of benzene rings is 1. The maximum absolute atomic E-state index is 10.6. The smallest absolute Gasteiger partial charge is 0.0919 e. The van der Waals surface area contributed by atoms with E-state index in [0.717, 1.165) is 12.0 Å². The van der Waals surface area contributed by atoms with Gasteiger partial charge in [-0.25, -0.2) is 0 Å². The molecular formula is C12H14Cl2O2. The third kappa shape index (κ3) is 2.51. The van der Waals surface area contributed by atoms with E-state index in [9.17, 15) is 5.11 Å². The molecule has 0 aliphatic carbocycles. The molecule has 0 bridgehead atoms. The highest BCUT2D eigenvalue weighted by atomic mass is 35.5. The zero-order valence-electron chi connectivity index (χ0n) is 8.88. The fraction of sp³-hybridized carbons (Fsp3) is 0.500. The van der Waals surface area contributed by atoms with Crippen LogP contribution in [0.25, 0.3) is 0 Å². The number of halogens is 2. The summed E-state index contributed by atoms with van der Waals surface area (Å²) in [5, 5.41) is 11.6. The van der Waals surface area contributed by atoms with E-state index < -0.39 is 5.60 Å². The van der Waals surface area contributed by atoms with Gasteiger partial charge in [-0.1, -0.05) is 29.3 Å². The lowest BCUT2D eigenvalue weighted by molar-refractivity contribution is 0.0144. The standard InChI is InChI=1S/C12H14Cl2O2/c13-10-3-2-9(8-11(10)14)12(15)4-1-6-16-7-5-12/h2-3,8,15H,1,4-7H2. The van der Waals surface area contributed by atoms with Crippen LogP contribution in [0.15, 0.2) is 18.2 Å². The van der Waals surface area contributed by atoms with Crippen molar-refractivity contribution in [2.24, 2.45) is 0 Å². The average Bonchev–Trinajstić information content (AvgIpc) is 2.48. The van der Waals surface area contributed by atoms with E-state index >= 15 is 0 Å². The van der Waals surface area contributed by atoms with Crippen LogP contribution in [-0.2, 0) is 10.3 Å². The Balaban J connectivity index is 2.29. The molecule has 88 valence electrons. The van der Waals surface area contributed by atoms with E-state index in [0.29, 0.717) is 36.1 Å². The second-order valence-electron chi connectivity index (χ2n) is 4.13. The normalized spacial score (nSPS) is 26.4. The summed E-state index contributed by atoms with van der Waals surface area (Å²) in [5.74, 6) is 0. The Bertz CT molecular complexity index is 371. The van der Waals surface area contributed by atoms with Crippen LogP contribution in [0.4, 0.5) is 0 Å². The molecule has 0 aromatic heterocycles. The lowest BCUT2D eigenvalue weighted by Crippen LogP contribution is -2.25. The molecule has 4 heteroatoms. The molecule has 16 heavy (non-hydrogen) atoms. The highest BCUT2D eigenvalue weighted by Crippen LogP contribution is 2.35. The van der Waals surface area contributed by atoms with Crippen molar-refractivity contribution in [2.45, 2.75) is 24.9 Å². The first kappa shape index (κ1) is 12.2. The Morgan fingerprint density at radius 3 is 2.69 bits per heavy atom. The van der Waals surface area contributed by atoms with Crippen molar-refractivity contribution in [3.63, 3.8) is 0 Å². The van der Waals surface area contributed by atoms with Crippen molar-refractivity contribution >= 4 is 23.2 Å². The molecule has 0 saturated carbocycles. The number of hydrogen-bond donors (Lipinski definition) is 1. The van der Waals surface area contributed by atoms with Gasteiger partial charge in [-0.05, 0) is 30.5 Å². The van der Waals surface area contributed by atoms with Crippen molar-refractivity contribution in [3.8, 4) is 0 Å². The molecule has 1 N–H and O–H groups in total. The summed E-state index contributed by atoms with van der Waals surface area (Å²) < 4.78 is 5.35. The highest BCUT2D eigenvalue weighted by Gasteiger charge is 2.30. The molecule has 1 unspecified atom stereocenters. The minimum atomic E-state index is -0.829. The van der Waals surface area contributed by atoms with E-state index in [1.165, 1.54) is 0 Å². The van der Waals surface area contributed by atoms with Crippen LogP contribution in [0.1, 0.15) is 24.8 Å². The molecule has 0 amide bonds.